The number of anilines is 1. The molecule has 1 aliphatic rings. The summed E-state index contributed by atoms with van der Waals surface area (Å²) in [5.41, 5.74) is 0.971. The van der Waals surface area contributed by atoms with Crippen LogP contribution in [-0.2, 0) is 6.54 Å². The topological polar surface area (TPSA) is 28.2 Å². The lowest BCUT2D eigenvalue weighted by atomic mass is 10.1. The van der Waals surface area contributed by atoms with E-state index in [2.05, 4.69) is 42.9 Å². The molecule has 1 saturated carbocycles. The Balaban J connectivity index is 2.21. The lowest BCUT2D eigenvalue weighted by Gasteiger charge is -2.27. The molecular formula is C16H26FN3. The average molecular weight is 279 g/mol. The largest absolute Gasteiger partial charge is 0.353 e. The van der Waals surface area contributed by atoms with Gasteiger partial charge in [-0.15, -0.1) is 0 Å². The van der Waals surface area contributed by atoms with Gasteiger partial charge in [0.25, 0.3) is 0 Å². The molecule has 4 heteroatoms. The minimum Gasteiger partial charge on any atom is -0.353 e. The fraction of sp³-hybridized carbons (Fsp3) is 0.688. The first-order chi connectivity index (χ1) is 9.40. The van der Waals surface area contributed by atoms with Crippen molar-refractivity contribution in [3.05, 3.63) is 23.6 Å². The van der Waals surface area contributed by atoms with E-state index >= 15 is 0 Å². The van der Waals surface area contributed by atoms with Crippen LogP contribution in [0.4, 0.5) is 10.2 Å². The van der Waals surface area contributed by atoms with E-state index in [0.29, 0.717) is 12.6 Å². The van der Waals surface area contributed by atoms with Gasteiger partial charge in [0.2, 0.25) is 0 Å². The van der Waals surface area contributed by atoms with Gasteiger partial charge >= 0.3 is 0 Å². The molecule has 0 aliphatic heterocycles. The molecule has 20 heavy (non-hydrogen) atoms. The Labute approximate surface area is 121 Å². The fourth-order valence-corrected chi connectivity index (χ4v) is 2.31. The Morgan fingerprint density at radius 2 is 2.10 bits per heavy atom. The van der Waals surface area contributed by atoms with E-state index in [4.69, 9.17) is 0 Å². The summed E-state index contributed by atoms with van der Waals surface area (Å²) in [5.74, 6) is 0.694. The lowest BCUT2D eigenvalue weighted by molar-refractivity contribution is 0.423. The van der Waals surface area contributed by atoms with Crippen molar-refractivity contribution >= 4 is 5.82 Å². The molecule has 1 aliphatic carbocycles. The van der Waals surface area contributed by atoms with Crippen molar-refractivity contribution in [2.24, 2.45) is 0 Å². The number of pyridine rings is 1. The Kier molecular flexibility index (Phi) is 4.63. The summed E-state index contributed by atoms with van der Waals surface area (Å²) in [6.07, 6.45) is 4.87. The van der Waals surface area contributed by atoms with Crippen molar-refractivity contribution in [3.63, 3.8) is 0 Å². The Hall–Kier alpha value is -1.16. The highest BCUT2D eigenvalue weighted by molar-refractivity contribution is 5.49. The van der Waals surface area contributed by atoms with Crippen LogP contribution in [0.5, 0.6) is 0 Å². The van der Waals surface area contributed by atoms with Crippen LogP contribution in [0.2, 0.25) is 0 Å². The molecule has 3 nitrogen and oxygen atoms in total. The van der Waals surface area contributed by atoms with Crippen molar-refractivity contribution < 1.29 is 4.39 Å². The molecule has 0 amide bonds. The predicted octanol–water partition coefficient (Wildman–Crippen LogP) is 3.49. The zero-order valence-corrected chi connectivity index (χ0v) is 13.0. The molecule has 0 atom stereocenters. The standard InChI is InChI=1S/C16H26FN3/c1-5-8-20(14-6-7-14)15-12(9-13(17)11-18-15)10-19-16(2,3)4/h9,11,14,19H,5-8,10H2,1-4H3. The van der Waals surface area contributed by atoms with Gasteiger partial charge in [-0.2, -0.15) is 0 Å². The third kappa shape index (κ3) is 4.17. The van der Waals surface area contributed by atoms with Gasteiger partial charge in [0, 0.05) is 30.2 Å². The van der Waals surface area contributed by atoms with Crippen molar-refractivity contribution in [3.8, 4) is 0 Å². The van der Waals surface area contributed by atoms with E-state index < -0.39 is 0 Å². The summed E-state index contributed by atoms with van der Waals surface area (Å²) >= 11 is 0. The van der Waals surface area contributed by atoms with Gasteiger partial charge < -0.3 is 10.2 Å². The maximum atomic E-state index is 13.5. The molecule has 0 spiro atoms. The first-order valence-corrected chi connectivity index (χ1v) is 7.57. The molecule has 0 aromatic carbocycles. The first-order valence-electron chi connectivity index (χ1n) is 7.57. The summed E-state index contributed by atoms with van der Waals surface area (Å²) in [6.45, 7) is 10.2. The molecule has 0 radical (unpaired) electrons. The maximum Gasteiger partial charge on any atom is 0.141 e. The number of nitrogens with zero attached hydrogens (tertiary/aromatic N) is 2. The van der Waals surface area contributed by atoms with Gasteiger partial charge in [-0.3, -0.25) is 0 Å². The summed E-state index contributed by atoms with van der Waals surface area (Å²) in [4.78, 5) is 6.72. The highest BCUT2D eigenvalue weighted by Crippen LogP contribution is 2.32. The molecule has 1 aromatic heterocycles. The smallest absolute Gasteiger partial charge is 0.141 e. The molecule has 1 heterocycles. The molecule has 0 bridgehead atoms. The molecule has 1 fully saturated rings. The van der Waals surface area contributed by atoms with E-state index in [-0.39, 0.29) is 11.4 Å². The summed E-state index contributed by atoms with van der Waals surface area (Å²) in [6, 6.07) is 2.22. The van der Waals surface area contributed by atoms with Crippen molar-refractivity contribution in [1.29, 1.82) is 0 Å². The highest BCUT2D eigenvalue weighted by atomic mass is 19.1. The van der Waals surface area contributed by atoms with Crippen molar-refractivity contribution in [2.75, 3.05) is 11.4 Å². The van der Waals surface area contributed by atoms with E-state index in [9.17, 15) is 4.39 Å². The van der Waals surface area contributed by atoms with Gasteiger partial charge in [-0.1, -0.05) is 6.92 Å². The van der Waals surface area contributed by atoms with E-state index in [1.807, 2.05) is 0 Å². The Bertz CT molecular complexity index is 450. The van der Waals surface area contributed by atoms with Crippen LogP contribution in [-0.4, -0.2) is 23.1 Å². The van der Waals surface area contributed by atoms with Crippen LogP contribution >= 0.6 is 0 Å². The second-order valence-electron chi connectivity index (χ2n) is 6.66. The second kappa shape index (κ2) is 6.08. The van der Waals surface area contributed by atoms with E-state index in [0.717, 1.165) is 24.3 Å². The zero-order chi connectivity index (χ0) is 14.8. The summed E-state index contributed by atoms with van der Waals surface area (Å²) < 4.78 is 13.5. The van der Waals surface area contributed by atoms with Crippen LogP contribution in [0.25, 0.3) is 0 Å². The van der Waals surface area contributed by atoms with Gasteiger partial charge in [0.1, 0.15) is 11.6 Å². The molecule has 112 valence electrons. The Morgan fingerprint density at radius 3 is 2.65 bits per heavy atom. The zero-order valence-electron chi connectivity index (χ0n) is 13.0. The third-order valence-corrected chi connectivity index (χ3v) is 3.44. The van der Waals surface area contributed by atoms with Gasteiger partial charge in [0.15, 0.2) is 0 Å². The minimum atomic E-state index is -0.258. The number of halogens is 1. The average Bonchev–Trinajstić information content (AvgIpc) is 3.17. The van der Waals surface area contributed by atoms with E-state index in [1.54, 1.807) is 6.07 Å². The number of hydrogen-bond acceptors (Lipinski definition) is 3. The third-order valence-electron chi connectivity index (χ3n) is 3.44. The van der Waals surface area contributed by atoms with Gasteiger partial charge in [-0.05, 0) is 46.1 Å². The number of rotatable bonds is 6. The predicted molar refractivity (Wildman–Crippen MR) is 81.4 cm³/mol. The SMILES string of the molecule is CCCN(c1ncc(F)cc1CNC(C)(C)C)C1CC1. The molecule has 2 rings (SSSR count). The van der Waals surface area contributed by atoms with Crippen LogP contribution in [0.1, 0.15) is 52.5 Å². The molecule has 0 unspecified atom stereocenters. The fourth-order valence-electron chi connectivity index (χ4n) is 2.31. The maximum absolute atomic E-state index is 13.5. The van der Waals surface area contributed by atoms with Crippen LogP contribution in [0.15, 0.2) is 12.3 Å². The van der Waals surface area contributed by atoms with Crippen LogP contribution in [0, 0.1) is 5.82 Å². The number of aromatic nitrogens is 1. The Morgan fingerprint density at radius 1 is 1.40 bits per heavy atom. The molecule has 1 N–H and O–H groups in total. The van der Waals surface area contributed by atoms with Gasteiger partial charge in [-0.25, -0.2) is 9.37 Å². The lowest BCUT2D eigenvalue weighted by Crippen LogP contribution is -2.36. The number of hydrogen-bond donors (Lipinski definition) is 1. The normalized spacial score (nSPS) is 15.4. The number of nitrogens with one attached hydrogen (secondary N) is 1. The van der Waals surface area contributed by atoms with Crippen LogP contribution < -0.4 is 10.2 Å². The van der Waals surface area contributed by atoms with Crippen molar-refractivity contribution in [1.82, 2.24) is 10.3 Å². The molecule has 1 aromatic rings. The quantitative estimate of drug-likeness (QED) is 0.864. The summed E-state index contributed by atoms with van der Waals surface area (Å²) in [7, 11) is 0. The monoisotopic (exact) mass is 279 g/mol. The van der Waals surface area contributed by atoms with Crippen molar-refractivity contribution in [2.45, 2.75) is 65.1 Å². The van der Waals surface area contributed by atoms with Gasteiger partial charge in [0.05, 0.1) is 6.20 Å². The van der Waals surface area contributed by atoms with Crippen LogP contribution in [0.3, 0.4) is 0 Å². The highest BCUT2D eigenvalue weighted by Gasteiger charge is 2.30. The molecule has 0 saturated heterocycles. The van der Waals surface area contributed by atoms with E-state index in [1.165, 1.54) is 19.0 Å². The molecular weight excluding hydrogens is 253 g/mol. The minimum absolute atomic E-state index is 0.0127. The summed E-state index contributed by atoms with van der Waals surface area (Å²) in [5, 5.41) is 3.43. The first kappa shape index (κ1) is 15.2. The second-order valence-corrected chi connectivity index (χ2v) is 6.66.